The summed E-state index contributed by atoms with van der Waals surface area (Å²) in [6.45, 7) is 8.10. The van der Waals surface area contributed by atoms with Crippen molar-refractivity contribution in [1.82, 2.24) is 10.2 Å². The quantitative estimate of drug-likeness (QED) is 0.468. The summed E-state index contributed by atoms with van der Waals surface area (Å²) in [5, 5.41) is 6.30. The Morgan fingerprint density at radius 1 is 1.25 bits per heavy atom. The molecule has 0 unspecified atom stereocenters. The molecule has 0 aliphatic carbocycles. The lowest BCUT2D eigenvalue weighted by atomic mass is 10.1. The lowest BCUT2D eigenvalue weighted by molar-refractivity contribution is 0.102. The van der Waals surface area contributed by atoms with E-state index in [1.165, 1.54) is 5.56 Å². The Morgan fingerprint density at radius 2 is 2.00 bits per heavy atom. The summed E-state index contributed by atoms with van der Waals surface area (Å²) in [6.07, 6.45) is 0. The Kier molecular flexibility index (Phi) is 6.28. The van der Waals surface area contributed by atoms with Gasteiger partial charge in [0.15, 0.2) is 5.96 Å². The first-order chi connectivity index (χ1) is 13.4. The second kappa shape index (κ2) is 8.86. The minimum absolute atomic E-state index is 0.0130. The number of nitrogens with zero attached hydrogens (tertiary/aromatic N) is 2. The molecule has 2 aromatic rings. The maximum Gasteiger partial charge on any atom is 0.255 e. The number of aryl methyl sites for hydroxylation is 1. The van der Waals surface area contributed by atoms with Crippen molar-refractivity contribution in [1.29, 1.82) is 0 Å². The van der Waals surface area contributed by atoms with Crippen LogP contribution in [0.25, 0.3) is 0 Å². The second-order valence-corrected chi connectivity index (χ2v) is 7.21. The van der Waals surface area contributed by atoms with Gasteiger partial charge in [-0.25, -0.2) is 4.99 Å². The smallest absolute Gasteiger partial charge is 0.255 e. The number of guanidine groups is 1. The second-order valence-electron chi connectivity index (χ2n) is 7.21. The Bertz CT molecular complexity index is 858. The SMILES string of the molecule is Cc1ccc(NC(=O)c2ccc(CN3CCNC[C@@H]3C)cc2)cc1N=C(N)N. The van der Waals surface area contributed by atoms with Gasteiger partial charge in [0.1, 0.15) is 0 Å². The molecule has 1 atom stereocenters. The van der Waals surface area contributed by atoms with E-state index in [4.69, 9.17) is 11.5 Å². The largest absolute Gasteiger partial charge is 0.370 e. The van der Waals surface area contributed by atoms with Gasteiger partial charge in [-0.05, 0) is 49.2 Å². The number of piperazine rings is 1. The molecule has 1 aliphatic heterocycles. The van der Waals surface area contributed by atoms with Gasteiger partial charge in [-0.3, -0.25) is 9.69 Å². The van der Waals surface area contributed by atoms with Gasteiger partial charge in [-0.2, -0.15) is 0 Å². The molecule has 28 heavy (non-hydrogen) atoms. The van der Waals surface area contributed by atoms with Crippen LogP contribution in [0.4, 0.5) is 11.4 Å². The summed E-state index contributed by atoms with van der Waals surface area (Å²) >= 11 is 0. The number of hydrogen-bond acceptors (Lipinski definition) is 4. The van der Waals surface area contributed by atoms with E-state index in [1.807, 2.05) is 43.3 Å². The summed E-state index contributed by atoms with van der Waals surface area (Å²) in [4.78, 5) is 19.1. The molecule has 1 aliphatic rings. The number of benzene rings is 2. The van der Waals surface area contributed by atoms with Crippen molar-refractivity contribution in [3.63, 3.8) is 0 Å². The zero-order valence-corrected chi connectivity index (χ0v) is 16.4. The lowest BCUT2D eigenvalue weighted by Gasteiger charge is -2.33. The average molecular weight is 380 g/mol. The van der Waals surface area contributed by atoms with Crippen LogP contribution in [0.1, 0.15) is 28.4 Å². The van der Waals surface area contributed by atoms with Crippen LogP contribution in [0.5, 0.6) is 0 Å². The molecule has 2 aromatic carbocycles. The molecule has 1 fully saturated rings. The fraction of sp³-hybridized carbons (Fsp3) is 0.333. The predicted octanol–water partition coefficient (Wildman–Crippen LogP) is 1.95. The highest BCUT2D eigenvalue weighted by molar-refractivity contribution is 6.04. The Balaban J connectivity index is 1.65. The zero-order valence-electron chi connectivity index (χ0n) is 16.4. The average Bonchev–Trinajstić information content (AvgIpc) is 2.66. The molecule has 0 spiro atoms. The number of anilines is 1. The summed E-state index contributed by atoms with van der Waals surface area (Å²) in [7, 11) is 0. The van der Waals surface area contributed by atoms with Crippen molar-refractivity contribution < 1.29 is 4.79 Å². The van der Waals surface area contributed by atoms with Crippen LogP contribution in [-0.2, 0) is 6.54 Å². The van der Waals surface area contributed by atoms with Crippen molar-refractivity contribution in [3.05, 3.63) is 59.2 Å². The first-order valence-corrected chi connectivity index (χ1v) is 9.48. The fourth-order valence-electron chi connectivity index (χ4n) is 3.26. The topological polar surface area (TPSA) is 109 Å². The summed E-state index contributed by atoms with van der Waals surface area (Å²) < 4.78 is 0. The molecular weight excluding hydrogens is 352 g/mol. The van der Waals surface area contributed by atoms with Crippen LogP contribution in [0.2, 0.25) is 0 Å². The van der Waals surface area contributed by atoms with E-state index in [-0.39, 0.29) is 11.9 Å². The Labute approximate surface area is 165 Å². The molecule has 6 N–H and O–H groups in total. The first kappa shape index (κ1) is 19.9. The third kappa shape index (κ3) is 5.09. The number of amides is 1. The highest BCUT2D eigenvalue weighted by atomic mass is 16.1. The van der Waals surface area contributed by atoms with E-state index < -0.39 is 0 Å². The third-order valence-electron chi connectivity index (χ3n) is 4.96. The number of aliphatic imine (C=N–C) groups is 1. The van der Waals surface area contributed by atoms with Crippen molar-refractivity contribution in [3.8, 4) is 0 Å². The number of nitrogens with two attached hydrogens (primary N) is 2. The number of hydrogen-bond donors (Lipinski definition) is 4. The first-order valence-electron chi connectivity index (χ1n) is 9.48. The molecule has 7 nitrogen and oxygen atoms in total. The van der Waals surface area contributed by atoms with Crippen molar-refractivity contribution in [2.24, 2.45) is 16.5 Å². The van der Waals surface area contributed by atoms with Gasteiger partial charge in [0, 0.05) is 43.5 Å². The fourth-order valence-corrected chi connectivity index (χ4v) is 3.26. The van der Waals surface area contributed by atoms with Gasteiger partial charge in [0.2, 0.25) is 0 Å². The van der Waals surface area contributed by atoms with E-state index in [0.29, 0.717) is 23.0 Å². The zero-order chi connectivity index (χ0) is 20.1. The minimum Gasteiger partial charge on any atom is -0.370 e. The maximum absolute atomic E-state index is 12.6. The van der Waals surface area contributed by atoms with E-state index in [1.54, 1.807) is 6.07 Å². The molecule has 1 saturated heterocycles. The van der Waals surface area contributed by atoms with Gasteiger partial charge >= 0.3 is 0 Å². The third-order valence-corrected chi connectivity index (χ3v) is 4.96. The monoisotopic (exact) mass is 380 g/mol. The summed E-state index contributed by atoms with van der Waals surface area (Å²) in [5.41, 5.74) is 14.9. The maximum atomic E-state index is 12.6. The molecule has 0 saturated carbocycles. The number of nitrogens with one attached hydrogen (secondary N) is 2. The summed E-state index contributed by atoms with van der Waals surface area (Å²) in [6, 6.07) is 13.7. The van der Waals surface area contributed by atoms with Crippen molar-refractivity contribution in [2.45, 2.75) is 26.4 Å². The van der Waals surface area contributed by atoms with Crippen LogP contribution < -0.4 is 22.1 Å². The van der Waals surface area contributed by atoms with Crippen LogP contribution in [0.15, 0.2) is 47.5 Å². The minimum atomic E-state index is -0.165. The van der Waals surface area contributed by atoms with E-state index in [0.717, 1.165) is 31.7 Å². The van der Waals surface area contributed by atoms with Gasteiger partial charge < -0.3 is 22.1 Å². The number of carbonyl (C=O) groups is 1. The molecule has 148 valence electrons. The number of carbonyl (C=O) groups excluding carboxylic acids is 1. The molecule has 1 heterocycles. The van der Waals surface area contributed by atoms with Gasteiger partial charge in [-0.15, -0.1) is 0 Å². The molecule has 1 amide bonds. The van der Waals surface area contributed by atoms with Gasteiger partial charge in [0.25, 0.3) is 5.91 Å². The summed E-state index contributed by atoms with van der Waals surface area (Å²) in [5.74, 6) is -0.178. The highest BCUT2D eigenvalue weighted by Crippen LogP contribution is 2.23. The molecule has 0 radical (unpaired) electrons. The van der Waals surface area contributed by atoms with Crippen molar-refractivity contribution in [2.75, 3.05) is 25.0 Å². The van der Waals surface area contributed by atoms with Crippen LogP contribution in [-0.4, -0.2) is 42.4 Å². The van der Waals surface area contributed by atoms with Gasteiger partial charge in [-0.1, -0.05) is 18.2 Å². The van der Waals surface area contributed by atoms with E-state index >= 15 is 0 Å². The number of rotatable bonds is 5. The highest BCUT2D eigenvalue weighted by Gasteiger charge is 2.17. The van der Waals surface area contributed by atoms with E-state index in [9.17, 15) is 4.79 Å². The Hall–Kier alpha value is -2.90. The van der Waals surface area contributed by atoms with Gasteiger partial charge in [0.05, 0.1) is 5.69 Å². The Morgan fingerprint density at radius 3 is 2.68 bits per heavy atom. The molecule has 7 heteroatoms. The van der Waals surface area contributed by atoms with Crippen LogP contribution >= 0.6 is 0 Å². The standard InChI is InChI=1S/C21H28N6O/c1-14-3-8-18(11-19(14)26-21(22)23)25-20(28)17-6-4-16(5-7-17)13-27-10-9-24-12-15(27)2/h3-8,11,15,24H,9-10,12-13H2,1-2H3,(H,25,28)(H4,22,23,26)/t15-/m0/s1. The van der Waals surface area contributed by atoms with Crippen LogP contribution in [0, 0.1) is 6.92 Å². The van der Waals surface area contributed by atoms with Crippen molar-refractivity contribution >= 4 is 23.2 Å². The lowest BCUT2D eigenvalue weighted by Crippen LogP contribution is -2.49. The normalized spacial score (nSPS) is 17.1. The molecule has 0 bridgehead atoms. The van der Waals surface area contributed by atoms with E-state index in [2.05, 4.69) is 27.4 Å². The molecule has 0 aromatic heterocycles. The molecular formula is C21H28N6O. The van der Waals surface area contributed by atoms with Crippen LogP contribution in [0.3, 0.4) is 0 Å². The molecule has 3 rings (SSSR count). The predicted molar refractivity (Wildman–Crippen MR) is 114 cm³/mol.